The maximum atomic E-state index is 12.5. The first-order valence-corrected chi connectivity index (χ1v) is 12.8. The number of aryl methyl sites for hydroxylation is 1. The lowest BCUT2D eigenvalue weighted by atomic mass is 9.89. The number of anilines is 1. The number of hydrazone groups is 1. The van der Waals surface area contributed by atoms with Crippen LogP contribution < -0.4 is 10.6 Å². The first-order chi connectivity index (χ1) is 18.3. The van der Waals surface area contributed by atoms with Crippen molar-refractivity contribution in [3.8, 4) is 0 Å². The summed E-state index contributed by atoms with van der Waals surface area (Å²) in [6.45, 7) is 0. The molecule has 208 valence electrons. The summed E-state index contributed by atoms with van der Waals surface area (Å²) in [5, 5.41) is 20.0. The Balaban J connectivity index is 0.000000673. The molecule has 0 bridgehead atoms. The standard InChI is InChI=1S/C24H25N3O4S.C2HF3O2/c25-26-17-19-5-4-6-20(15-19)21(16-24(28)29)12-9-18-10-13-22(14-11-18)27-32(30,31)23-7-2-1-3-8-23;3-2(4,5)1(6)7/h1-8,10-11,13-15,17,21,27H,9,12,16,25H2,(H,28,29);(H,6,7). The molecule has 13 heteroatoms. The van der Waals surface area contributed by atoms with Gasteiger partial charge in [0.2, 0.25) is 0 Å². The Bertz CT molecular complexity index is 1380. The Labute approximate surface area is 222 Å². The van der Waals surface area contributed by atoms with Gasteiger partial charge in [-0.1, -0.05) is 48.5 Å². The highest BCUT2D eigenvalue weighted by molar-refractivity contribution is 7.92. The van der Waals surface area contributed by atoms with E-state index in [1.165, 1.54) is 18.3 Å². The van der Waals surface area contributed by atoms with Crippen molar-refractivity contribution in [2.45, 2.75) is 36.3 Å². The summed E-state index contributed by atoms with van der Waals surface area (Å²) in [5.74, 6) is 1.43. The second kappa shape index (κ2) is 14.0. The first kappa shape index (κ1) is 30.8. The molecule has 1 atom stereocenters. The number of aliphatic carboxylic acids is 2. The molecular weight excluding hydrogens is 539 g/mol. The van der Waals surface area contributed by atoms with Crippen LogP contribution in [0.3, 0.4) is 0 Å². The highest BCUT2D eigenvalue weighted by Crippen LogP contribution is 2.27. The zero-order valence-electron chi connectivity index (χ0n) is 20.4. The van der Waals surface area contributed by atoms with E-state index in [1.54, 1.807) is 30.3 Å². The lowest BCUT2D eigenvalue weighted by Crippen LogP contribution is -2.21. The lowest BCUT2D eigenvalue weighted by molar-refractivity contribution is -0.192. The molecule has 9 nitrogen and oxygen atoms in total. The van der Waals surface area contributed by atoms with Crippen LogP contribution in [0, 0.1) is 0 Å². The first-order valence-electron chi connectivity index (χ1n) is 11.3. The Morgan fingerprint density at radius 1 is 0.974 bits per heavy atom. The third-order valence-electron chi connectivity index (χ3n) is 5.31. The van der Waals surface area contributed by atoms with E-state index in [1.807, 2.05) is 36.4 Å². The molecule has 0 amide bonds. The number of carboxylic acids is 2. The van der Waals surface area contributed by atoms with Crippen molar-refractivity contribution in [3.05, 3.63) is 95.6 Å². The second-order valence-electron chi connectivity index (χ2n) is 8.20. The summed E-state index contributed by atoms with van der Waals surface area (Å²) >= 11 is 0. The molecule has 0 aliphatic rings. The molecule has 5 N–H and O–H groups in total. The molecule has 3 aromatic carbocycles. The maximum Gasteiger partial charge on any atom is 0.490 e. The van der Waals surface area contributed by atoms with E-state index in [9.17, 15) is 31.5 Å². The van der Waals surface area contributed by atoms with Crippen molar-refractivity contribution in [2.75, 3.05) is 4.72 Å². The van der Waals surface area contributed by atoms with Crippen LogP contribution in [0.1, 0.15) is 35.4 Å². The SMILES string of the molecule is NN=Cc1cccc(C(CCc2ccc(NS(=O)(=O)c3ccccc3)cc2)CC(=O)O)c1.O=C(O)C(F)(F)F. The van der Waals surface area contributed by atoms with Crippen molar-refractivity contribution in [1.29, 1.82) is 0 Å². The van der Waals surface area contributed by atoms with E-state index in [4.69, 9.17) is 15.7 Å². The fourth-order valence-corrected chi connectivity index (χ4v) is 4.55. The van der Waals surface area contributed by atoms with E-state index < -0.39 is 28.1 Å². The molecule has 0 aromatic heterocycles. The summed E-state index contributed by atoms with van der Waals surface area (Å²) in [6.07, 6.45) is -2.27. The van der Waals surface area contributed by atoms with Crippen LogP contribution in [-0.2, 0) is 26.0 Å². The van der Waals surface area contributed by atoms with Crippen LogP contribution in [0.2, 0.25) is 0 Å². The Morgan fingerprint density at radius 2 is 1.59 bits per heavy atom. The van der Waals surface area contributed by atoms with Crippen LogP contribution in [0.5, 0.6) is 0 Å². The number of hydrogen-bond donors (Lipinski definition) is 4. The number of nitrogens with one attached hydrogen (secondary N) is 1. The fourth-order valence-electron chi connectivity index (χ4n) is 3.47. The zero-order chi connectivity index (χ0) is 29.1. The molecule has 39 heavy (non-hydrogen) atoms. The normalized spacial score (nSPS) is 12.3. The molecule has 3 rings (SSSR count). The minimum absolute atomic E-state index is 0.0121. The summed E-state index contributed by atoms with van der Waals surface area (Å²) in [7, 11) is -3.65. The van der Waals surface area contributed by atoms with Gasteiger partial charge in [-0.15, -0.1) is 0 Å². The summed E-state index contributed by atoms with van der Waals surface area (Å²) in [4.78, 5) is 20.5. The second-order valence-corrected chi connectivity index (χ2v) is 9.88. The quantitative estimate of drug-likeness (QED) is 0.159. The molecule has 0 spiro atoms. The molecule has 0 aliphatic carbocycles. The van der Waals surface area contributed by atoms with Gasteiger partial charge in [-0.05, 0) is 65.8 Å². The Kier molecular flexibility index (Phi) is 11.0. The minimum Gasteiger partial charge on any atom is -0.481 e. The van der Waals surface area contributed by atoms with Gasteiger partial charge in [-0.2, -0.15) is 18.3 Å². The number of nitrogens with zero attached hydrogens (tertiary/aromatic N) is 1. The van der Waals surface area contributed by atoms with Gasteiger partial charge in [-0.25, -0.2) is 13.2 Å². The lowest BCUT2D eigenvalue weighted by Gasteiger charge is -2.16. The average Bonchev–Trinajstić information content (AvgIpc) is 2.88. The number of nitrogens with two attached hydrogens (primary N) is 1. The van der Waals surface area contributed by atoms with Crippen LogP contribution in [-0.4, -0.2) is 43.0 Å². The fraction of sp³-hybridized carbons (Fsp3) is 0.192. The molecular formula is C26H26F3N3O6S. The number of benzene rings is 3. The van der Waals surface area contributed by atoms with Gasteiger partial charge in [0.05, 0.1) is 17.5 Å². The van der Waals surface area contributed by atoms with Crippen molar-refractivity contribution in [3.63, 3.8) is 0 Å². The van der Waals surface area contributed by atoms with Gasteiger partial charge in [0, 0.05) is 5.69 Å². The number of carboxylic acid groups (broad SMARTS) is 2. The monoisotopic (exact) mass is 565 g/mol. The molecule has 1 unspecified atom stereocenters. The molecule has 0 heterocycles. The highest BCUT2D eigenvalue weighted by atomic mass is 32.2. The third kappa shape index (κ3) is 10.5. The van der Waals surface area contributed by atoms with E-state index >= 15 is 0 Å². The van der Waals surface area contributed by atoms with Crippen molar-refractivity contribution >= 4 is 33.9 Å². The smallest absolute Gasteiger partial charge is 0.481 e. The van der Waals surface area contributed by atoms with E-state index in [2.05, 4.69) is 9.82 Å². The predicted octanol–water partition coefficient (Wildman–Crippen LogP) is 4.60. The molecule has 0 radical (unpaired) electrons. The van der Waals surface area contributed by atoms with Crippen LogP contribution in [0.15, 0.2) is 88.9 Å². The Morgan fingerprint density at radius 3 is 2.13 bits per heavy atom. The van der Waals surface area contributed by atoms with Gasteiger partial charge in [0.25, 0.3) is 10.0 Å². The molecule has 0 fully saturated rings. The summed E-state index contributed by atoms with van der Waals surface area (Å²) in [5.41, 5.74) is 3.18. The largest absolute Gasteiger partial charge is 0.490 e. The van der Waals surface area contributed by atoms with E-state index in [-0.39, 0.29) is 17.2 Å². The predicted molar refractivity (Wildman–Crippen MR) is 139 cm³/mol. The van der Waals surface area contributed by atoms with Crippen LogP contribution >= 0.6 is 0 Å². The molecule has 0 saturated heterocycles. The van der Waals surface area contributed by atoms with Crippen LogP contribution in [0.25, 0.3) is 0 Å². The maximum absolute atomic E-state index is 12.5. The third-order valence-corrected chi connectivity index (χ3v) is 6.71. The topological polar surface area (TPSA) is 159 Å². The van der Waals surface area contributed by atoms with Gasteiger partial charge >= 0.3 is 18.1 Å². The minimum atomic E-state index is -5.08. The summed E-state index contributed by atoms with van der Waals surface area (Å²) in [6, 6.07) is 22.8. The van der Waals surface area contributed by atoms with Crippen LogP contribution in [0.4, 0.5) is 18.9 Å². The highest BCUT2D eigenvalue weighted by Gasteiger charge is 2.38. The molecule has 0 aliphatic heterocycles. The number of sulfonamides is 1. The van der Waals surface area contributed by atoms with Gasteiger partial charge < -0.3 is 16.1 Å². The molecule has 0 saturated carbocycles. The van der Waals surface area contributed by atoms with Crippen molar-refractivity contribution in [2.24, 2.45) is 10.9 Å². The number of rotatable bonds is 10. The summed E-state index contributed by atoms with van der Waals surface area (Å²) < 4.78 is 59.2. The molecule has 3 aromatic rings. The van der Waals surface area contributed by atoms with Gasteiger partial charge in [-0.3, -0.25) is 9.52 Å². The number of alkyl halides is 3. The van der Waals surface area contributed by atoms with E-state index in [0.29, 0.717) is 18.5 Å². The zero-order valence-corrected chi connectivity index (χ0v) is 21.2. The van der Waals surface area contributed by atoms with E-state index in [0.717, 1.165) is 16.7 Å². The average molecular weight is 566 g/mol. The number of halogens is 3. The number of hydrogen-bond acceptors (Lipinski definition) is 6. The van der Waals surface area contributed by atoms with Gasteiger partial charge in [0.15, 0.2) is 0 Å². The Hall–Kier alpha value is -4.39. The van der Waals surface area contributed by atoms with Gasteiger partial charge in [0.1, 0.15) is 0 Å². The van der Waals surface area contributed by atoms with Crippen molar-refractivity contribution < 1.29 is 41.4 Å². The van der Waals surface area contributed by atoms with Crippen molar-refractivity contribution in [1.82, 2.24) is 0 Å². The number of carbonyl (C=O) groups is 2.